The van der Waals surface area contributed by atoms with Gasteiger partial charge in [0.05, 0.1) is 6.54 Å². The van der Waals surface area contributed by atoms with Crippen molar-refractivity contribution in [3.05, 3.63) is 62.8 Å². The van der Waals surface area contributed by atoms with E-state index in [1.807, 2.05) is 18.2 Å². The van der Waals surface area contributed by atoms with Crippen LogP contribution in [0.5, 0.6) is 5.88 Å². The van der Waals surface area contributed by atoms with Crippen LogP contribution >= 0.6 is 0 Å². The van der Waals surface area contributed by atoms with Crippen molar-refractivity contribution >= 4 is 0 Å². The molecule has 0 aliphatic heterocycles. The number of hydrogen-bond acceptors (Lipinski definition) is 3. The van der Waals surface area contributed by atoms with Gasteiger partial charge in [-0.05, 0) is 11.4 Å². The maximum Gasteiger partial charge on any atom is 1.00 e. The Bertz CT molecular complexity index is 604. The third-order valence-corrected chi connectivity index (χ3v) is 2.18. The molecule has 0 aliphatic carbocycles. The smallest absolute Gasteiger partial charge is 0.860 e. The second-order valence-electron chi connectivity index (χ2n) is 3.35. The molecule has 0 aliphatic rings. The van der Waals surface area contributed by atoms with Crippen LogP contribution in [0.25, 0.3) is 0 Å². The minimum absolute atomic E-state index is 0. The Morgan fingerprint density at radius 2 is 1.82 bits per heavy atom. The van der Waals surface area contributed by atoms with E-state index in [2.05, 4.69) is 4.98 Å². The fourth-order valence-electron chi connectivity index (χ4n) is 1.41. The molecule has 5 nitrogen and oxygen atoms in total. The molecule has 0 radical (unpaired) electrons. The number of aromatic nitrogens is 2. The van der Waals surface area contributed by atoms with Crippen LogP contribution in [0.3, 0.4) is 0 Å². The largest absolute Gasteiger partial charge is 1.00 e. The quantitative estimate of drug-likeness (QED) is 0.557. The van der Waals surface area contributed by atoms with Gasteiger partial charge in [0.25, 0.3) is 5.56 Å². The topological polar surface area (TPSA) is 77.9 Å². The van der Waals surface area contributed by atoms with E-state index >= 15 is 0 Å². The van der Waals surface area contributed by atoms with Gasteiger partial charge in [-0.25, -0.2) is 4.79 Å². The Morgan fingerprint density at radius 3 is 2.41 bits per heavy atom. The first-order chi connectivity index (χ1) is 7.66. The van der Waals surface area contributed by atoms with Crippen molar-refractivity contribution in [2.45, 2.75) is 6.54 Å². The van der Waals surface area contributed by atoms with Crippen LogP contribution in [-0.4, -0.2) is 9.55 Å². The molecule has 6 heteroatoms. The minimum atomic E-state index is -0.679. The molecule has 0 spiro atoms. The van der Waals surface area contributed by atoms with Gasteiger partial charge in [0.2, 0.25) is 0 Å². The molecule has 17 heavy (non-hydrogen) atoms. The summed E-state index contributed by atoms with van der Waals surface area (Å²) in [6.45, 7) is 0.162. The van der Waals surface area contributed by atoms with Crippen LogP contribution in [-0.2, 0) is 6.54 Å². The van der Waals surface area contributed by atoms with Crippen LogP contribution in [0.1, 0.15) is 5.56 Å². The third kappa shape index (κ3) is 3.33. The molecule has 0 saturated heterocycles. The molecule has 0 unspecified atom stereocenters. The average molecular weight is 240 g/mol. The normalized spacial score (nSPS) is 9.65. The fraction of sp³-hybridized carbons (Fsp3) is 0.0909. The first-order valence-corrected chi connectivity index (χ1v) is 4.72. The zero-order valence-electron chi connectivity index (χ0n) is 9.34. The first-order valence-electron chi connectivity index (χ1n) is 4.72. The van der Waals surface area contributed by atoms with Gasteiger partial charge in [0.1, 0.15) is 0 Å². The van der Waals surface area contributed by atoms with Crippen molar-refractivity contribution in [2.24, 2.45) is 0 Å². The summed E-state index contributed by atoms with van der Waals surface area (Å²) in [6.07, 6.45) is 0. The molecule has 1 aromatic heterocycles. The summed E-state index contributed by atoms with van der Waals surface area (Å²) >= 11 is 0. The number of H-pyrrole nitrogens is 1. The minimum Gasteiger partial charge on any atom is -0.860 e. The van der Waals surface area contributed by atoms with Crippen LogP contribution < -0.4 is 45.9 Å². The van der Waals surface area contributed by atoms with Gasteiger partial charge >= 0.3 is 35.2 Å². The molecule has 0 atom stereocenters. The molecule has 0 fully saturated rings. The maximum atomic E-state index is 11.4. The van der Waals surface area contributed by atoms with Gasteiger partial charge in [-0.1, -0.05) is 30.3 Å². The number of hydrogen-bond donors (Lipinski definition) is 1. The standard InChI is InChI=1S/C11H10N2O3.Na/c14-9-6-10(15)13(11(16)12-9)7-8-4-2-1-3-5-8;/h1-6,15H,7H2,(H,12,14,16);/q;+1/p-1. The number of benzene rings is 1. The molecular weight excluding hydrogens is 231 g/mol. The van der Waals surface area contributed by atoms with Crippen molar-refractivity contribution in [3.63, 3.8) is 0 Å². The summed E-state index contributed by atoms with van der Waals surface area (Å²) < 4.78 is 0.983. The SMILES string of the molecule is O=c1cc([O-])n(Cc2ccccc2)c(=O)[nH]1.[Na+]. The van der Waals surface area contributed by atoms with Crippen molar-refractivity contribution in [1.29, 1.82) is 0 Å². The van der Waals surface area contributed by atoms with E-state index in [4.69, 9.17) is 0 Å². The predicted octanol–water partition coefficient (Wildman–Crippen LogP) is -3.34. The zero-order chi connectivity index (χ0) is 11.5. The van der Waals surface area contributed by atoms with Crippen molar-refractivity contribution < 1.29 is 34.7 Å². The summed E-state index contributed by atoms with van der Waals surface area (Å²) in [6, 6.07) is 9.95. The molecule has 2 rings (SSSR count). The molecule has 0 amide bonds. The summed E-state index contributed by atoms with van der Waals surface area (Å²) in [5, 5.41) is 11.4. The van der Waals surface area contributed by atoms with Crippen LogP contribution in [0.4, 0.5) is 0 Å². The molecular formula is C11H9N2NaO3. The van der Waals surface area contributed by atoms with Gasteiger partial charge < -0.3 is 9.67 Å². The van der Waals surface area contributed by atoms with E-state index < -0.39 is 17.1 Å². The fourth-order valence-corrected chi connectivity index (χ4v) is 1.41. The van der Waals surface area contributed by atoms with E-state index in [9.17, 15) is 14.7 Å². The van der Waals surface area contributed by atoms with Gasteiger partial charge in [0.15, 0.2) is 0 Å². The van der Waals surface area contributed by atoms with Gasteiger partial charge in [-0.3, -0.25) is 9.78 Å². The summed E-state index contributed by atoms with van der Waals surface area (Å²) in [5.74, 6) is -0.586. The molecule has 1 aromatic carbocycles. The number of nitrogens with one attached hydrogen (secondary N) is 1. The Balaban J connectivity index is 0.00000144. The maximum absolute atomic E-state index is 11.4. The second-order valence-corrected chi connectivity index (χ2v) is 3.35. The molecule has 1 N–H and O–H groups in total. The molecule has 0 bridgehead atoms. The van der Waals surface area contributed by atoms with E-state index in [1.54, 1.807) is 12.1 Å². The monoisotopic (exact) mass is 240 g/mol. The number of aromatic amines is 1. The summed E-state index contributed by atoms with van der Waals surface area (Å²) in [7, 11) is 0. The van der Waals surface area contributed by atoms with Crippen LogP contribution in [0.15, 0.2) is 46.0 Å². The third-order valence-electron chi connectivity index (χ3n) is 2.18. The Labute approximate surface area is 119 Å². The molecule has 82 valence electrons. The van der Waals surface area contributed by atoms with Crippen molar-refractivity contribution in [3.8, 4) is 5.88 Å². The van der Waals surface area contributed by atoms with E-state index in [1.165, 1.54) is 0 Å². The molecule has 2 aromatic rings. The predicted molar refractivity (Wildman–Crippen MR) is 56.3 cm³/mol. The summed E-state index contributed by atoms with van der Waals surface area (Å²) in [5.41, 5.74) is -0.519. The van der Waals surface area contributed by atoms with E-state index in [-0.39, 0.29) is 36.1 Å². The average Bonchev–Trinajstić information content (AvgIpc) is 2.25. The van der Waals surface area contributed by atoms with Crippen LogP contribution in [0.2, 0.25) is 0 Å². The molecule has 1 heterocycles. The zero-order valence-corrected chi connectivity index (χ0v) is 11.3. The number of nitrogens with zero attached hydrogens (tertiary/aromatic N) is 1. The molecule has 0 saturated carbocycles. The number of rotatable bonds is 2. The Hall–Kier alpha value is -1.30. The van der Waals surface area contributed by atoms with Gasteiger partial charge in [-0.15, -0.1) is 0 Å². The van der Waals surface area contributed by atoms with Crippen molar-refractivity contribution in [1.82, 2.24) is 9.55 Å². The first kappa shape index (κ1) is 13.8. The van der Waals surface area contributed by atoms with Gasteiger partial charge in [-0.2, -0.15) is 0 Å². The Kier molecular flexibility index (Phi) is 4.74. The van der Waals surface area contributed by atoms with Crippen molar-refractivity contribution in [2.75, 3.05) is 0 Å². The van der Waals surface area contributed by atoms with Gasteiger partial charge in [0, 0.05) is 6.07 Å². The van der Waals surface area contributed by atoms with E-state index in [0.717, 1.165) is 16.2 Å². The second kappa shape index (κ2) is 5.86. The summed E-state index contributed by atoms with van der Waals surface area (Å²) in [4.78, 5) is 24.3. The van der Waals surface area contributed by atoms with E-state index in [0.29, 0.717) is 0 Å². The van der Waals surface area contributed by atoms with Crippen LogP contribution in [0, 0.1) is 0 Å². The Morgan fingerprint density at radius 1 is 1.18 bits per heavy atom.